The number of alkyl carbamates (subject to hydrolysis) is 1. The molecule has 1 fully saturated rings. The number of anilines is 1. The average Bonchev–Trinajstić information content (AvgIpc) is 3.03. The molecule has 0 aliphatic carbocycles. The third-order valence-corrected chi connectivity index (χ3v) is 5.22. The van der Waals surface area contributed by atoms with Gasteiger partial charge in [0.2, 0.25) is 0 Å². The zero-order valence-electron chi connectivity index (χ0n) is 21.3. The fourth-order valence-electron chi connectivity index (χ4n) is 3.16. The molecule has 1 unspecified atom stereocenters. The van der Waals surface area contributed by atoms with Crippen molar-refractivity contribution < 1.29 is 48.7 Å². The van der Waals surface area contributed by atoms with Crippen LogP contribution in [-0.4, -0.2) is 93.3 Å². The third-order valence-electron chi connectivity index (χ3n) is 5.22. The summed E-state index contributed by atoms with van der Waals surface area (Å²) < 4.78 is 21.3. The van der Waals surface area contributed by atoms with Crippen molar-refractivity contribution in [2.45, 2.75) is 64.8 Å². The molecule has 0 bridgehead atoms. The summed E-state index contributed by atoms with van der Waals surface area (Å²) >= 11 is 0. The highest BCUT2D eigenvalue weighted by Gasteiger charge is 2.53. The zero-order valence-corrected chi connectivity index (χ0v) is 21.3. The first kappa shape index (κ1) is 30.0. The number of carbonyl (C=O) groups is 3. The van der Waals surface area contributed by atoms with Crippen LogP contribution in [0.15, 0.2) is 17.1 Å². The summed E-state index contributed by atoms with van der Waals surface area (Å²) in [7, 11) is 0. The molecule has 5 N–H and O–H groups in total. The van der Waals surface area contributed by atoms with Crippen molar-refractivity contribution in [3.05, 3.63) is 22.7 Å². The average molecular weight is 531 g/mol. The van der Waals surface area contributed by atoms with Gasteiger partial charge in [-0.25, -0.2) is 14.4 Å². The summed E-state index contributed by atoms with van der Waals surface area (Å²) in [4.78, 5) is 51.5. The molecule has 1 aliphatic rings. The molecule has 2 rings (SSSR count). The molecular weight excluding hydrogens is 496 g/mol. The lowest BCUT2D eigenvalue weighted by Crippen LogP contribution is -2.46. The van der Waals surface area contributed by atoms with E-state index in [1.165, 1.54) is 19.2 Å². The number of amides is 2. The second kappa shape index (κ2) is 12.3. The maximum atomic E-state index is 12.4. The molecule has 15 nitrogen and oxygen atoms in total. The molecule has 0 spiro atoms. The monoisotopic (exact) mass is 530 g/mol. The van der Waals surface area contributed by atoms with Gasteiger partial charge in [0.15, 0.2) is 6.23 Å². The minimum atomic E-state index is -1.88. The van der Waals surface area contributed by atoms with Crippen molar-refractivity contribution in [1.29, 1.82) is 0 Å². The number of rotatable bonds is 9. The number of hydrogen-bond acceptors (Lipinski definition) is 12. The van der Waals surface area contributed by atoms with E-state index in [0.717, 1.165) is 4.57 Å². The molecule has 0 saturated carbocycles. The first-order valence-electron chi connectivity index (χ1n) is 11.5. The van der Waals surface area contributed by atoms with E-state index in [1.807, 2.05) is 0 Å². The molecule has 208 valence electrons. The van der Waals surface area contributed by atoms with Gasteiger partial charge < -0.3 is 39.6 Å². The Morgan fingerprint density at radius 2 is 1.95 bits per heavy atom. The van der Waals surface area contributed by atoms with Crippen LogP contribution in [0.2, 0.25) is 0 Å². The number of esters is 1. The van der Waals surface area contributed by atoms with Gasteiger partial charge in [-0.3, -0.25) is 14.7 Å². The minimum absolute atomic E-state index is 0.0851. The number of nitrogens with zero attached hydrogens (tertiary/aromatic N) is 2. The Bertz CT molecular complexity index is 1020. The van der Waals surface area contributed by atoms with Crippen LogP contribution in [0.1, 0.15) is 40.8 Å². The van der Waals surface area contributed by atoms with Gasteiger partial charge in [-0.2, -0.15) is 4.98 Å². The number of hydrogen-bond donors (Lipinski definition) is 5. The quantitative estimate of drug-likeness (QED) is 0.155. The highest BCUT2D eigenvalue weighted by Crippen LogP contribution is 2.37. The molecule has 5 atom stereocenters. The molecule has 1 aliphatic heterocycles. The summed E-state index contributed by atoms with van der Waals surface area (Å²) in [6.45, 7) is 6.90. The Balaban J connectivity index is 1.75. The number of nitrogens with one attached hydrogen (secondary N) is 2. The van der Waals surface area contributed by atoms with E-state index in [1.54, 1.807) is 27.7 Å². The Kier molecular flexibility index (Phi) is 9.97. The highest BCUT2D eigenvalue weighted by molar-refractivity contribution is 5.83. The summed E-state index contributed by atoms with van der Waals surface area (Å²) in [5.41, 5.74) is -3.46. The van der Waals surface area contributed by atoms with Gasteiger partial charge >= 0.3 is 23.8 Å². The lowest BCUT2D eigenvalue weighted by Gasteiger charge is -2.27. The molecule has 1 saturated heterocycles. The third kappa shape index (κ3) is 8.11. The van der Waals surface area contributed by atoms with Crippen LogP contribution in [0.3, 0.4) is 0 Å². The predicted octanol–water partition coefficient (Wildman–Crippen LogP) is -0.503. The number of ether oxygens (including phenoxy) is 4. The minimum Gasteiger partial charge on any atom is -0.461 e. The molecule has 15 heteroatoms. The number of carbonyl (C=O) groups excluding carboxylic acids is 3. The lowest BCUT2D eigenvalue weighted by atomic mass is 9.96. The smallest absolute Gasteiger partial charge is 0.412 e. The molecule has 1 aromatic rings. The molecule has 37 heavy (non-hydrogen) atoms. The fourth-order valence-corrected chi connectivity index (χ4v) is 3.16. The second-order valence-electron chi connectivity index (χ2n) is 9.63. The lowest BCUT2D eigenvalue weighted by molar-refractivity contribution is -0.155. The van der Waals surface area contributed by atoms with E-state index < -0.39 is 66.0 Å². The van der Waals surface area contributed by atoms with Crippen LogP contribution in [0.5, 0.6) is 0 Å². The summed E-state index contributed by atoms with van der Waals surface area (Å²) in [6.07, 6.45) is -5.12. The van der Waals surface area contributed by atoms with E-state index in [9.17, 15) is 34.5 Å². The largest absolute Gasteiger partial charge is 0.461 e. The van der Waals surface area contributed by atoms with Crippen LogP contribution in [0, 0.1) is 5.41 Å². The van der Waals surface area contributed by atoms with Gasteiger partial charge in [0, 0.05) is 6.20 Å². The highest BCUT2D eigenvalue weighted by atomic mass is 16.6. The van der Waals surface area contributed by atoms with Gasteiger partial charge in [-0.05, 0) is 40.7 Å². The van der Waals surface area contributed by atoms with Crippen molar-refractivity contribution in [3.8, 4) is 0 Å². The van der Waals surface area contributed by atoms with E-state index >= 15 is 0 Å². The van der Waals surface area contributed by atoms with Gasteiger partial charge in [0.05, 0.1) is 18.6 Å². The van der Waals surface area contributed by atoms with Crippen molar-refractivity contribution in [3.63, 3.8) is 0 Å². The summed E-state index contributed by atoms with van der Waals surface area (Å²) in [5, 5.41) is 34.4. The molecule has 2 amide bonds. The standard InChI is InChI=1S/C22H34N4O11/c1-12(11-35-17(29)21(2,3)4)36-19(31)23-7-9-34-20(32)25-14-6-8-26(18(30)24-14)16-22(5,33)15(28)13(10-27)37-16/h6,8,12-13,15-16,27-28,33H,7,9-11H2,1-5H3,(H,23,31)(H,24,25,30,32)/t12?,13-,15-,16-,22-/m1/s1. The fraction of sp³-hybridized carbons (Fsp3) is 0.682. The van der Waals surface area contributed by atoms with Gasteiger partial charge in [0.1, 0.15) is 42.9 Å². The normalized spacial score (nSPS) is 24.2. The van der Waals surface area contributed by atoms with Crippen molar-refractivity contribution >= 4 is 24.0 Å². The van der Waals surface area contributed by atoms with Crippen LogP contribution in [0.25, 0.3) is 0 Å². The Morgan fingerprint density at radius 1 is 1.27 bits per heavy atom. The Hall–Kier alpha value is -3.27. The van der Waals surface area contributed by atoms with E-state index in [-0.39, 0.29) is 25.6 Å². The Morgan fingerprint density at radius 3 is 2.51 bits per heavy atom. The van der Waals surface area contributed by atoms with Crippen molar-refractivity contribution in [2.24, 2.45) is 5.41 Å². The number of aromatic nitrogens is 2. The summed E-state index contributed by atoms with van der Waals surface area (Å²) in [5.74, 6) is -0.586. The van der Waals surface area contributed by atoms with Crippen LogP contribution < -0.4 is 16.3 Å². The van der Waals surface area contributed by atoms with Crippen LogP contribution in [0.4, 0.5) is 15.4 Å². The molecule has 1 aromatic heterocycles. The number of aliphatic hydroxyl groups is 3. The van der Waals surface area contributed by atoms with E-state index in [2.05, 4.69) is 15.6 Å². The molecule has 2 heterocycles. The zero-order chi connectivity index (χ0) is 28.0. The van der Waals surface area contributed by atoms with E-state index in [4.69, 9.17) is 18.9 Å². The first-order valence-corrected chi connectivity index (χ1v) is 11.5. The SMILES string of the molecule is CC(COC(=O)C(C)(C)C)OC(=O)NCCOC(=O)Nc1ccn([C@@H]2O[C@H](CO)[C@@H](O)[C@@]2(C)O)c(=O)n1. The van der Waals surface area contributed by atoms with E-state index in [0.29, 0.717) is 0 Å². The van der Waals surface area contributed by atoms with Gasteiger partial charge in [-0.1, -0.05) is 0 Å². The first-order chi connectivity index (χ1) is 17.2. The molecular formula is C22H34N4O11. The topological polar surface area (TPSA) is 208 Å². The van der Waals surface area contributed by atoms with Crippen LogP contribution >= 0.6 is 0 Å². The molecule has 0 aromatic carbocycles. The van der Waals surface area contributed by atoms with Gasteiger partial charge in [0.25, 0.3) is 0 Å². The maximum absolute atomic E-state index is 12.4. The maximum Gasteiger partial charge on any atom is 0.412 e. The second-order valence-corrected chi connectivity index (χ2v) is 9.63. The van der Waals surface area contributed by atoms with Crippen molar-refractivity contribution in [2.75, 3.05) is 31.7 Å². The number of aliphatic hydroxyl groups excluding tert-OH is 2. The predicted molar refractivity (Wildman–Crippen MR) is 125 cm³/mol. The van der Waals surface area contributed by atoms with Crippen molar-refractivity contribution in [1.82, 2.24) is 14.9 Å². The van der Waals surface area contributed by atoms with Gasteiger partial charge in [-0.15, -0.1) is 0 Å². The molecule has 0 radical (unpaired) electrons. The Labute approximate surface area is 212 Å². The van der Waals surface area contributed by atoms with Crippen LogP contribution in [-0.2, 0) is 23.7 Å². The summed E-state index contributed by atoms with van der Waals surface area (Å²) in [6, 6.07) is 1.24.